The van der Waals surface area contributed by atoms with Crippen LogP contribution in [-0.2, 0) is 25.7 Å². The van der Waals surface area contributed by atoms with Crippen molar-refractivity contribution in [1.29, 1.82) is 0 Å². The van der Waals surface area contributed by atoms with E-state index in [9.17, 15) is 0 Å². The Hall–Kier alpha value is -2.98. The fourth-order valence-electron chi connectivity index (χ4n) is 7.95. The number of hydrogen-bond donors (Lipinski definition) is 0. The SMILES string of the molecule is COc1ccc2cc1Oc1ccc(cc1)C[C@H]1c3cc(c(OC)cc3CC[N+]1(C)C)Oc1c(OC)c(OC)cc3c1[C@H](C2)[N+](C)(C)CC3.O.[I-].[I-]. The first-order valence-corrected chi connectivity index (χ1v) is 16.8. The second kappa shape index (κ2) is 15.9. The van der Waals surface area contributed by atoms with Crippen molar-refractivity contribution in [2.24, 2.45) is 0 Å². The second-order valence-electron chi connectivity index (χ2n) is 14.5. The van der Waals surface area contributed by atoms with E-state index in [1.807, 2.05) is 6.07 Å². The number of benzene rings is 4. The maximum atomic E-state index is 7.14. The molecule has 0 fully saturated rings. The zero-order valence-electron chi connectivity index (χ0n) is 30.8. The van der Waals surface area contributed by atoms with E-state index < -0.39 is 0 Å². The topological polar surface area (TPSA) is 86.9 Å². The van der Waals surface area contributed by atoms with Crippen LogP contribution in [0.5, 0.6) is 46.0 Å². The van der Waals surface area contributed by atoms with E-state index in [1.165, 1.54) is 22.3 Å². The van der Waals surface area contributed by atoms with Gasteiger partial charge in [0.1, 0.15) is 17.8 Å². The van der Waals surface area contributed by atoms with Crippen LogP contribution in [0.1, 0.15) is 45.5 Å². The van der Waals surface area contributed by atoms with Gasteiger partial charge in [-0.25, -0.2) is 0 Å². The van der Waals surface area contributed by atoms with E-state index in [0.29, 0.717) is 34.5 Å². The molecule has 276 valence electrons. The lowest BCUT2D eigenvalue weighted by Crippen LogP contribution is -3.00. The Morgan fingerprint density at radius 1 is 0.588 bits per heavy atom. The third-order valence-electron chi connectivity index (χ3n) is 10.9. The van der Waals surface area contributed by atoms with Gasteiger partial charge in [-0.05, 0) is 64.7 Å². The van der Waals surface area contributed by atoms with Crippen LogP contribution in [0, 0.1) is 0 Å². The molecule has 0 aliphatic carbocycles. The van der Waals surface area contributed by atoms with Gasteiger partial charge in [0.15, 0.2) is 34.5 Å². The number of ether oxygens (including phenoxy) is 6. The van der Waals surface area contributed by atoms with Gasteiger partial charge < -0.3 is 90.8 Å². The van der Waals surface area contributed by atoms with Gasteiger partial charge in [-0.1, -0.05) is 18.2 Å². The van der Waals surface area contributed by atoms with Gasteiger partial charge in [-0.3, -0.25) is 0 Å². The van der Waals surface area contributed by atoms with Crippen molar-refractivity contribution < 1.29 is 90.8 Å². The molecule has 2 atom stereocenters. The monoisotopic (exact) mass is 924 g/mol. The zero-order chi connectivity index (χ0) is 33.8. The van der Waals surface area contributed by atoms with Gasteiger partial charge in [0, 0.05) is 31.2 Å². The fourth-order valence-corrected chi connectivity index (χ4v) is 7.95. The molecule has 4 aliphatic rings. The number of quaternary nitrogens is 2. The molecule has 0 saturated carbocycles. The summed E-state index contributed by atoms with van der Waals surface area (Å²) in [6.45, 7) is 2.00. The molecule has 6 bridgehead atoms. The molecule has 4 aromatic carbocycles. The van der Waals surface area contributed by atoms with Gasteiger partial charge in [0.2, 0.25) is 5.75 Å². The normalized spacial score (nSPS) is 19.1. The highest BCUT2D eigenvalue weighted by molar-refractivity contribution is 5.63. The summed E-state index contributed by atoms with van der Waals surface area (Å²) in [6, 6.07) is 21.6. The van der Waals surface area contributed by atoms with E-state index in [4.69, 9.17) is 28.4 Å². The summed E-state index contributed by atoms with van der Waals surface area (Å²) < 4.78 is 39.1. The van der Waals surface area contributed by atoms with E-state index in [-0.39, 0.29) is 65.5 Å². The van der Waals surface area contributed by atoms with Crippen LogP contribution in [0.2, 0.25) is 0 Å². The minimum absolute atomic E-state index is 0. The zero-order valence-corrected chi connectivity index (χ0v) is 35.1. The van der Waals surface area contributed by atoms with Crippen molar-refractivity contribution in [2.75, 3.05) is 69.7 Å². The third kappa shape index (κ3) is 7.59. The van der Waals surface area contributed by atoms with Crippen molar-refractivity contribution in [3.63, 3.8) is 0 Å². The molecular formula is C40H50I2N2O7. The lowest BCUT2D eigenvalue weighted by atomic mass is 9.85. The highest BCUT2D eigenvalue weighted by atomic mass is 127. The minimum Gasteiger partial charge on any atom is -1.00 e. The molecular weight excluding hydrogens is 874 g/mol. The molecule has 0 amide bonds. The number of nitrogens with zero attached hydrogens (tertiary/aromatic N) is 2. The molecule has 9 nitrogen and oxygen atoms in total. The van der Waals surface area contributed by atoms with Crippen LogP contribution in [-0.4, -0.2) is 84.2 Å². The number of methoxy groups -OCH3 is 4. The van der Waals surface area contributed by atoms with Gasteiger partial charge in [0.05, 0.1) is 75.3 Å². The van der Waals surface area contributed by atoms with Crippen LogP contribution in [0.3, 0.4) is 0 Å². The second-order valence-corrected chi connectivity index (χ2v) is 14.5. The number of halogens is 2. The first-order chi connectivity index (χ1) is 23.0. The molecule has 4 aromatic rings. The van der Waals surface area contributed by atoms with Gasteiger partial charge in [0.25, 0.3) is 0 Å². The summed E-state index contributed by atoms with van der Waals surface area (Å²) >= 11 is 0. The maximum absolute atomic E-state index is 7.14. The van der Waals surface area contributed by atoms with E-state index in [1.54, 1.807) is 28.4 Å². The van der Waals surface area contributed by atoms with Crippen molar-refractivity contribution in [1.82, 2.24) is 0 Å². The quantitative estimate of drug-likeness (QED) is 0.221. The average molecular weight is 925 g/mol. The van der Waals surface area contributed by atoms with Crippen LogP contribution in [0.15, 0.2) is 60.7 Å². The Morgan fingerprint density at radius 3 is 1.80 bits per heavy atom. The van der Waals surface area contributed by atoms with Crippen molar-refractivity contribution in [3.8, 4) is 46.0 Å². The lowest BCUT2D eigenvalue weighted by Gasteiger charge is -2.44. The first kappa shape index (κ1) is 40.8. The van der Waals surface area contributed by atoms with E-state index in [2.05, 4.69) is 82.8 Å². The Labute approximate surface area is 336 Å². The standard InChI is InChI=1S/C40H48N2O6.2HI.H2O/c1-41(2)17-15-27-22-34(44-6)36-24-30(27)31(41)19-25-9-12-29(13-10-25)47-35-21-26(11-14-33(35)43-5)20-32-38-28(16-18-42(32,3)4)23-37(45-7)39(46-8)40(38)48-36;;;/h9-14,21-24,31-32H,15-20H2,1-8H3;2*1H;1H2/q+2;;;/p-2/t31-,32-;;;/m0.../s1. The Balaban J connectivity index is 0.00000194. The first-order valence-electron chi connectivity index (χ1n) is 16.8. The summed E-state index contributed by atoms with van der Waals surface area (Å²) in [5.41, 5.74) is 7.31. The van der Waals surface area contributed by atoms with Gasteiger partial charge >= 0.3 is 0 Å². The smallest absolute Gasteiger partial charge is 0.204 e. The highest BCUT2D eigenvalue weighted by Gasteiger charge is 2.42. The fraction of sp³-hybridized carbons (Fsp3) is 0.400. The summed E-state index contributed by atoms with van der Waals surface area (Å²) in [5.74, 6) is 5.51. The van der Waals surface area contributed by atoms with Gasteiger partial charge in [-0.15, -0.1) is 0 Å². The van der Waals surface area contributed by atoms with E-state index >= 15 is 0 Å². The predicted octanol–water partition coefficient (Wildman–Crippen LogP) is 0.635. The third-order valence-corrected chi connectivity index (χ3v) is 10.9. The van der Waals surface area contributed by atoms with Crippen LogP contribution < -0.4 is 76.4 Å². The average Bonchev–Trinajstić information content (AvgIpc) is 3.07. The molecule has 8 rings (SSSR count). The minimum atomic E-state index is 0. The number of rotatable bonds is 4. The maximum Gasteiger partial charge on any atom is 0.204 e. The van der Waals surface area contributed by atoms with Crippen molar-refractivity contribution >= 4 is 0 Å². The summed E-state index contributed by atoms with van der Waals surface area (Å²) in [5, 5.41) is 0. The molecule has 2 N–H and O–H groups in total. The molecule has 0 saturated heterocycles. The highest BCUT2D eigenvalue weighted by Crippen LogP contribution is 2.53. The molecule has 0 aromatic heterocycles. The largest absolute Gasteiger partial charge is 1.00 e. The summed E-state index contributed by atoms with van der Waals surface area (Å²) in [6.07, 6.45) is 3.47. The Morgan fingerprint density at radius 2 is 1.16 bits per heavy atom. The van der Waals surface area contributed by atoms with Crippen molar-refractivity contribution in [3.05, 3.63) is 94.0 Å². The molecule has 4 heterocycles. The number of likely N-dealkylation sites (N-methyl/N-ethyl adjacent to an activating group) is 2. The molecule has 0 spiro atoms. The van der Waals surface area contributed by atoms with Crippen molar-refractivity contribution in [2.45, 2.75) is 37.8 Å². The summed E-state index contributed by atoms with van der Waals surface area (Å²) in [4.78, 5) is 0. The molecule has 0 radical (unpaired) electrons. The van der Waals surface area contributed by atoms with Gasteiger partial charge in [-0.2, -0.15) is 0 Å². The number of fused-ring (bicyclic) bond motifs is 2. The lowest BCUT2D eigenvalue weighted by molar-refractivity contribution is -0.923. The van der Waals surface area contributed by atoms with E-state index in [0.717, 1.165) is 70.4 Å². The molecule has 11 heteroatoms. The Kier molecular flexibility index (Phi) is 12.8. The Bertz CT molecular complexity index is 1860. The summed E-state index contributed by atoms with van der Waals surface area (Å²) in [7, 11) is 16.0. The van der Waals surface area contributed by atoms with Crippen LogP contribution in [0.4, 0.5) is 0 Å². The molecule has 0 unspecified atom stereocenters. The van der Waals surface area contributed by atoms with Crippen LogP contribution >= 0.6 is 0 Å². The molecule has 51 heavy (non-hydrogen) atoms. The number of hydrogen-bond acceptors (Lipinski definition) is 6. The van der Waals surface area contributed by atoms with Crippen LogP contribution in [0.25, 0.3) is 0 Å². The predicted molar refractivity (Wildman–Crippen MR) is 190 cm³/mol. The molecule has 4 aliphatic heterocycles.